The van der Waals surface area contributed by atoms with Gasteiger partial charge in [0, 0.05) is 23.6 Å². The Balaban J connectivity index is 2.55. The Kier molecular flexibility index (Phi) is 4.86. The molecule has 0 unspecified atom stereocenters. The van der Waals surface area contributed by atoms with Crippen LogP contribution in [0.15, 0.2) is 0 Å². The fraction of sp³-hybridized carbons (Fsp3) is 0.917. The Hall–Kier alpha value is -0.260. The summed E-state index contributed by atoms with van der Waals surface area (Å²) in [6.45, 7) is 11.3. The van der Waals surface area contributed by atoms with E-state index in [2.05, 4.69) is 24.2 Å². The topological polar surface area (TPSA) is 58.4 Å². The molecule has 0 aromatic rings. The summed E-state index contributed by atoms with van der Waals surface area (Å²) in [5, 5.41) is 0. The fourth-order valence-corrected chi connectivity index (χ4v) is 3.18. The quantitative estimate of drug-likeness (QED) is 0.454. The molecule has 1 saturated heterocycles. The molecule has 0 aromatic heterocycles. The zero-order valence-corrected chi connectivity index (χ0v) is 12.2. The SMILES string of the molecule is CC1(C)CCN(CC(C)(C)C(=O)NN)CCS1. The first-order valence-corrected chi connectivity index (χ1v) is 7.13. The van der Waals surface area contributed by atoms with Crippen LogP contribution in [0.25, 0.3) is 0 Å². The van der Waals surface area contributed by atoms with E-state index in [0.717, 1.165) is 31.8 Å². The van der Waals surface area contributed by atoms with Crippen LogP contribution in [0.2, 0.25) is 0 Å². The van der Waals surface area contributed by atoms with Crippen LogP contribution in [0.3, 0.4) is 0 Å². The van der Waals surface area contributed by atoms with Gasteiger partial charge in [0.1, 0.15) is 0 Å². The minimum Gasteiger partial charge on any atom is -0.301 e. The van der Waals surface area contributed by atoms with Crippen molar-refractivity contribution in [1.29, 1.82) is 0 Å². The van der Waals surface area contributed by atoms with Gasteiger partial charge in [-0.15, -0.1) is 0 Å². The molecule has 100 valence electrons. The van der Waals surface area contributed by atoms with Crippen molar-refractivity contribution in [2.75, 3.05) is 25.4 Å². The molecule has 0 bridgehead atoms. The van der Waals surface area contributed by atoms with Crippen LogP contribution in [0.4, 0.5) is 0 Å². The van der Waals surface area contributed by atoms with Gasteiger partial charge in [-0.1, -0.05) is 13.8 Å². The van der Waals surface area contributed by atoms with Gasteiger partial charge in [0.15, 0.2) is 0 Å². The van der Waals surface area contributed by atoms with Crippen LogP contribution >= 0.6 is 11.8 Å². The zero-order valence-electron chi connectivity index (χ0n) is 11.4. The molecule has 1 aliphatic rings. The maximum Gasteiger partial charge on any atom is 0.240 e. The van der Waals surface area contributed by atoms with Crippen molar-refractivity contribution >= 4 is 17.7 Å². The van der Waals surface area contributed by atoms with Gasteiger partial charge in [-0.05, 0) is 26.8 Å². The molecule has 1 rings (SSSR count). The van der Waals surface area contributed by atoms with E-state index in [1.54, 1.807) is 0 Å². The molecule has 0 saturated carbocycles. The van der Waals surface area contributed by atoms with Crippen molar-refractivity contribution in [3.05, 3.63) is 0 Å². The summed E-state index contributed by atoms with van der Waals surface area (Å²) in [7, 11) is 0. The van der Waals surface area contributed by atoms with E-state index in [1.807, 2.05) is 25.6 Å². The van der Waals surface area contributed by atoms with Gasteiger partial charge in [-0.25, -0.2) is 5.84 Å². The second-order valence-electron chi connectivity index (χ2n) is 5.99. The average molecular weight is 259 g/mol. The van der Waals surface area contributed by atoms with Gasteiger partial charge < -0.3 is 4.90 Å². The highest BCUT2D eigenvalue weighted by Crippen LogP contribution is 2.31. The minimum absolute atomic E-state index is 0.0892. The number of thioether (sulfide) groups is 1. The number of nitrogens with zero attached hydrogens (tertiary/aromatic N) is 1. The molecule has 0 radical (unpaired) electrons. The van der Waals surface area contributed by atoms with E-state index in [9.17, 15) is 4.79 Å². The second kappa shape index (κ2) is 5.59. The summed E-state index contributed by atoms with van der Waals surface area (Å²) in [6.07, 6.45) is 1.16. The molecule has 0 aliphatic carbocycles. The predicted octanol–water partition coefficient (Wildman–Crippen LogP) is 1.22. The lowest BCUT2D eigenvalue weighted by Gasteiger charge is -2.30. The number of hydrogen-bond donors (Lipinski definition) is 2. The van der Waals surface area contributed by atoms with Gasteiger partial charge in [0.05, 0.1) is 5.41 Å². The normalized spacial score (nSPS) is 21.9. The largest absolute Gasteiger partial charge is 0.301 e. The smallest absolute Gasteiger partial charge is 0.240 e. The van der Waals surface area contributed by atoms with Gasteiger partial charge in [-0.2, -0.15) is 11.8 Å². The second-order valence-corrected chi connectivity index (χ2v) is 7.79. The molecular formula is C12H25N3OS. The number of hydrogen-bond acceptors (Lipinski definition) is 4. The molecule has 1 amide bonds. The van der Waals surface area contributed by atoms with E-state index < -0.39 is 5.41 Å². The summed E-state index contributed by atoms with van der Waals surface area (Å²) in [5.74, 6) is 6.26. The van der Waals surface area contributed by atoms with Gasteiger partial charge in [0.2, 0.25) is 5.91 Å². The maximum absolute atomic E-state index is 11.7. The van der Waals surface area contributed by atoms with E-state index >= 15 is 0 Å². The van der Waals surface area contributed by atoms with E-state index in [0.29, 0.717) is 4.75 Å². The van der Waals surface area contributed by atoms with Gasteiger partial charge >= 0.3 is 0 Å². The summed E-state index contributed by atoms with van der Waals surface area (Å²) in [5.41, 5.74) is 1.83. The van der Waals surface area contributed by atoms with Crippen molar-refractivity contribution in [3.8, 4) is 0 Å². The summed E-state index contributed by atoms with van der Waals surface area (Å²) in [6, 6.07) is 0. The van der Waals surface area contributed by atoms with Crippen molar-refractivity contribution in [1.82, 2.24) is 10.3 Å². The monoisotopic (exact) mass is 259 g/mol. The zero-order chi connectivity index (χ0) is 13.1. The average Bonchev–Trinajstić information content (AvgIpc) is 2.38. The number of carbonyl (C=O) groups excluding carboxylic acids is 1. The molecule has 0 atom stereocenters. The standard InChI is InChI=1S/C12H25N3OS/c1-11(2,10(16)14-13)9-15-6-5-12(3,4)17-8-7-15/h5-9,13H2,1-4H3,(H,14,16). The third kappa shape index (κ3) is 4.48. The number of hydrazine groups is 1. The number of carbonyl (C=O) groups is 1. The summed E-state index contributed by atoms with van der Waals surface area (Å²) >= 11 is 2.02. The number of rotatable bonds is 3. The lowest BCUT2D eigenvalue weighted by molar-refractivity contribution is -0.130. The summed E-state index contributed by atoms with van der Waals surface area (Å²) in [4.78, 5) is 14.0. The highest BCUT2D eigenvalue weighted by atomic mass is 32.2. The fourth-order valence-electron chi connectivity index (χ4n) is 2.05. The molecule has 1 heterocycles. The first-order chi connectivity index (χ1) is 7.77. The Bertz CT molecular complexity index is 279. The number of nitrogens with one attached hydrogen (secondary N) is 1. The van der Waals surface area contributed by atoms with Crippen LogP contribution in [0.1, 0.15) is 34.1 Å². The van der Waals surface area contributed by atoms with E-state index in [-0.39, 0.29) is 5.91 Å². The Labute approximate surface area is 109 Å². The molecule has 4 nitrogen and oxygen atoms in total. The molecule has 3 N–H and O–H groups in total. The summed E-state index contributed by atoms with van der Waals surface area (Å²) < 4.78 is 0.356. The predicted molar refractivity (Wildman–Crippen MR) is 73.7 cm³/mol. The Morgan fingerprint density at radius 2 is 2.12 bits per heavy atom. The van der Waals surface area contributed by atoms with Gasteiger partial charge in [0.25, 0.3) is 0 Å². The Morgan fingerprint density at radius 3 is 2.71 bits per heavy atom. The molecule has 1 fully saturated rings. The lowest BCUT2D eigenvalue weighted by atomic mass is 9.91. The van der Waals surface area contributed by atoms with E-state index in [1.165, 1.54) is 0 Å². The first-order valence-electron chi connectivity index (χ1n) is 6.14. The first kappa shape index (κ1) is 14.8. The van der Waals surface area contributed by atoms with Crippen molar-refractivity contribution in [2.24, 2.45) is 11.3 Å². The van der Waals surface area contributed by atoms with Crippen LogP contribution in [0, 0.1) is 5.41 Å². The van der Waals surface area contributed by atoms with Crippen LogP contribution in [-0.2, 0) is 4.79 Å². The van der Waals surface area contributed by atoms with Crippen molar-refractivity contribution < 1.29 is 4.79 Å². The third-order valence-corrected chi connectivity index (χ3v) is 4.67. The molecule has 1 aliphatic heterocycles. The van der Waals surface area contributed by atoms with E-state index in [4.69, 9.17) is 5.84 Å². The molecule has 0 spiro atoms. The van der Waals surface area contributed by atoms with Crippen molar-refractivity contribution in [2.45, 2.75) is 38.9 Å². The van der Waals surface area contributed by atoms with Crippen molar-refractivity contribution in [3.63, 3.8) is 0 Å². The number of amides is 1. The van der Waals surface area contributed by atoms with Crippen LogP contribution in [-0.4, -0.2) is 40.9 Å². The minimum atomic E-state index is -0.423. The molecular weight excluding hydrogens is 234 g/mol. The Morgan fingerprint density at radius 1 is 1.47 bits per heavy atom. The lowest BCUT2D eigenvalue weighted by Crippen LogP contribution is -2.47. The highest BCUT2D eigenvalue weighted by Gasteiger charge is 2.31. The molecule has 0 aromatic carbocycles. The number of nitrogens with two attached hydrogens (primary N) is 1. The maximum atomic E-state index is 11.7. The molecule has 17 heavy (non-hydrogen) atoms. The molecule has 5 heteroatoms. The van der Waals surface area contributed by atoms with Gasteiger partial charge in [-0.3, -0.25) is 10.2 Å². The highest BCUT2D eigenvalue weighted by molar-refractivity contribution is 8.00. The van der Waals surface area contributed by atoms with Crippen LogP contribution in [0.5, 0.6) is 0 Å². The third-order valence-electron chi connectivity index (χ3n) is 3.30. The van der Waals surface area contributed by atoms with Crippen LogP contribution < -0.4 is 11.3 Å².